The van der Waals surface area contributed by atoms with Crippen LogP contribution in [-0.2, 0) is 30.8 Å². The van der Waals surface area contributed by atoms with Crippen molar-refractivity contribution in [3.8, 4) is 0 Å². The van der Waals surface area contributed by atoms with E-state index in [1.54, 1.807) is 6.08 Å². The number of hydrogen-bond acceptors (Lipinski definition) is 5. The number of aromatic amines is 1. The second-order valence-electron chi connectivity index (χ2n) is 13.6. The predicted molar refractivity (Wildman–Crippen MR) is 150 cm³/mol. The lowest BCUT2D eigenvalue weighted by Crippen LogP contribution is -2.64. The first-order valence-corrected chi connectivity index (χ1v) is 15.0. The van der Waals surface area contributed by atoms with E-state index in [1.807, 2.05) is 27.7 Å². The molecule has 3 aliphatic carbocycles. The lowest BCUT2D eigenvalue weighted by atomic mass is 9.43. The number of H-pyrrole nitrogens is 1. The molecule has 2 aromatic rings. The third-order valence-corrected chi connectivity index (χ3v) is 11.2. The van der Waals surface area contributed by atoms with Crippen LogP contribution < -0.4 is 5.32 Å². The van der Waals surface area contributed by atoms with Crippen molar-refractivity contribution < 1.29 is 23.8 Å². The number of fused-ring (bicyclic) bond motifs is 9. The normalized spacial score (nSPS) is 39.6. The Bertz CT molecular complexity index is 1460. The van der Waals surface area contributed by atoms with Crippen molar-refractivity contribution in [1.82, 2.24) is 10.3 Å². The minimum Gasteiger partial charge on any atom is -0.446 e. The van der Waals surface area contributed by atoms with Crippen LogP contribution in [0.15, 0.2) is 34.3 Å². The van der Waals surface area contributed by atoms with E-state index in [-0.39, 0.29) is 34.5 Å². The first-order chi connectivity index (χ1) is 18.3. The number of benzene rings is 1. The zero-order valence-corrected chi connectivity index (χ0v) is 25.0. The molecule has 208 valence electrons. The zero-order chi connectivity index (χ0) is 27.7. The Kier molecular flexibility index (Phi) is 5.28. The number of rotatable bonds is 2. The van der Waals surface area contributed by atoms with Crippen molar-refractivity contribution >= 4 is 38.7 Å². The van der Waals surface area contributed by atoms with Crippen molar-refractivity contribution in [2.75, 3.05) is 0 Å². The molecule has 8 heteroatoms. The maximum absolute atomic E-state index is 13.4. The number of nitrogens with one attached hydrogen (secondary N) is 2. The first kappa shape index (κ1) is 25.8. The van der Waals surface area contributed by atoms with E-state index in [0.29, 0.717) is 12.8 Å². The summed E-state index contributed by atoms with van der Waals surface area (Å²) in [7, 11) is 0. The summed E-state index contributed by atoms with van der Waals surface area (Å²) < 4.78 is 20.5. The average Bonchev–Trinajstić information content (AvgIpc) is 3.41. The van der Waals surface area contributed by atoms with Gasteiger partial charge in [0, 0.05) is 44.9 Å². The summed E-state index contributed by atoms with van der Waals surface area (Å²) in [6.07, 6.45) is 3.45. The molecule has 2 N–H and O–H groups in total. The van der Waals surface area contributed by atoms with E-state index in [4.69, 9.17) is 14.2 Å². The van der Waals surface area contributed by atoms with E-state index in [1.165, 1.54) is 16.6 Å². The molecule has 1 spiro atoms. The van der Waals surface area contributed by atoms with Crippen LogP contribution in [0.25, 0.3) is 10.9 Å². The second-order valence-corrected chi connectivity index (χ2v) is 14.5. The molecule has 2 bridgehead atoms. The molecule has 1 unspecified atom stereocenters. The molecule has 2 saturated carbocycles. The molecule has 2 aliphatic heterocycles. The van der Waals surface area contributed by atoms with Gasteiger partial charge in [-0.25, -0.2) is 4.79 Å². The van der Waals surface area contributed by atoms with Crippen LogP contribution in [-0.4, -0.2) is 46.5 Å². The Morgan fingerprint density at radius 1 is 1.21 bits per heavy atom. The Balaban J connectivity index is 1.39. The largest absolute Gasteiger partial charge is 0.446 e. The van der Waals surface area contributed by atoms with E-state index >= 15 is 0 Å². The summed E-state index contributed by atoms with van der Waals surface area (Å²) in [6.45, 7) is 12.4. The molecule has 39 heavy (non-hydrogen) atoms. The first-order valence-electron chi connectivity index (χ1n) is 14.2. The topological polar surface area (TPSA) is 89.6 Å². The number of aromatic nitrogens is 1. The van der Waals surface area contributed by atoms with E-state index in [2.05, 4.69) is 58.3 Å². The van der Waals surface area contributed by atoms with Crippen LogP contribution in [0.4, 0.5) is 4.79 Å². The van der Waals surface area contributed by atoms with Gasteiger partial charge in [-0.2, -0.15) is 0 Å². The third-order valence-electron chi connectivity index (χ3n) is 10.8. The highest BCUT2D eigenvalue weighted by molar-refractivity contribution is 9.10. The van der Waals surface area contributed by atoms with Crippen molar-refractivity contribution in [3.63, 3.8) is 0 Å². The van der Waals surface area contributed by atoms with Gasteiger partial charge < -0.3 is 24.5 Å². The second kappa shape index (κ2) is 7.98. The fourth-order valence-electron chi connectivity index (χ4n) is 8.94. The molecule has 1 saturated heterocycles. The van der Waals surface area contributed by atoms with Gasteiger partial charge in [-0.3, -0.25) is 4.79 Å². The van der Waals surface area contributed by atoms with E-state index in [0.717, 1.165) is 28.4 Å². The highest BCUT2D eigenvalue weighted by Gasteiger charge is 2.72. The van der Waals surface area contributed by atoms with Gasteiger partial charge >= 0.3 is 6.09 Å². The number of alkyl carbamates (subject to hydrolysis) is 1. The molecule has 1 amide bonds. The standard InChI is InChI=1S/C31H37BrN2O5/c1-15(2)33-27(36)37-23-12-16-11-19-18-13-17(32)7-8-21(18)34-25(19)30(16,6)29(5)9-10-31-20(24(23)29)14-22(35)26(38-31)28(3,4)39-31/h7-8,13-16,23-24,26,34H,9-12H2,1-6H3,(H,33,36)/t16-,23+,24?,26+,29+,30-,31+/m1/s1. The molecule has 7 rings (SSSR count). The van der Waals surface area contributed by atoms with Crippen LogP contribution in [0, 0.1) is 17.3 Å². The van der Waals surface area contributed by atoms with Gasteiger partial charge in [-0.1, -0.05) is 29.8 Å². The van der Waals surface area contributed by atoms with Gasteiger partial charge in [0.2, 0.25) is 0 Å². The molecule has 1 aromatic carbocycles. The third kappa shape index (κ3) is 3.28. The molecule has 7 nitrogen and oxygen atoms in total. The number of carbonyl (C=O) groups excluding carboxylic acids is 2. The fraction of sp³-hybridized carbons (Fsp3) is 0.613. The molecule has 5 aliphatic rings. The summed E-state index contributed by atoms with van der Waals surface area (Å²) in [5.74, 6) is -0.970. The molecule has 0 radical (unpaired) electrons. The number of halogens is 1. The molecular formula is C31H37BrN2O5. The SMILES string of the molecule is CC(C)NC(=O)O[C@H]1C[C@H]2Cc3c([nH]c4ccc(Br)cc34)[C@]2(C)[C@@]2(C)CC[C@@]34O[C@@H](C(=O)C=C3C12)C(C)(C)O4. The highest BCUT2D eigenvalue weighted by Crippen LogP contribution is 2.70. The van der Waals surface area contributed by atoms with Crippen molar-refractivity contribution in [2.24, 2.45) is 17.3 Å². The summed E-state index contributed by atoms with van der Waals surface area (Å²) >= 11 is 3.66. The minimum atomic E-state index is -0.960. The summed E-state index contributed by atoms with van der Waals surface area (Å²) in [5.41, 5.74) is 3.37. The van der Waals surface area contributed by atoms with Crippen LogP contribution in [0.1, 0.15) is 72.1 Å². The number of ether oxygens (including phenoxy) is 3. The molecule has 7 atom stereocenters. The van der Waals surface area contributed by atoms with Crippen molar-refractivity contribution in [1.29, 1.82) is 0 Å². The molecule has 1 aromatic heterocycles. The van der Waals surface area contributed by atoms with Crippen LogP contribution in [0.3, 0.4) is 0 Å². The molecule has 3 heterocycles. The lowest BCUT2D eigenvalue weighted by Gasteiger charge is -2.63. The van der Waals surface area contributed by atoms with Gasteiger partial charge in [-0.05, 0) is 93.7 Å². The zero-order valence-electron chi connectivity index (χ0n) is 23.4. The Morgan fingerprint density at radius 2 is 1.97 bits per heavy atom. The van der Waals surface area contributed by atoms with E-state index in [9.17, 15) is 9.59 Å². The van der Waals surface area contributed by atoms with Crippen molar-refractivity contribution in [2.45, 2.75) is 102 Å². The maximum Gasteiger partial charge on any atom is 0.407 e. The number of hydrogen-bond donors (Lipinski definition) is 2. The number of carbonyl (C=O) groups is 2. The van der Waals surface area contributed by atoms with Crippen LogP contribution >= 0.6 is 15.9 Å². The quantitative estimate of drug-likeness (QED) is 0.438. The monoisotopic (exact) mass is 596 g/mol. The summed E-state index contributed by atoms with van der Waals surface area (Å²) in [4.78, 5) is 30.3. The van der Waals surface area contributed by atoms with Crippen LogP contribution in [0.5, 0.6) is 0 Å². The average molecular weight is 598 g/mol. The summed E-state index contributed by atoms with van der Waals surface area (Å²) in [5, 5.41) is 4.16. The minimum absolute atomic E-state index is 0.0370. The van der Waals surface area contributed by atoms with Gasteiger partial charge in [0.25, 0.3) is 0 Å². The number of ketones is 1. The van der Waals surface area contributed by atoms with Gasteiger partial charge in [0.05, 0.1) is 0 Å². The summed E-state index contributed by atoms with van der Waals surface area (Å²) in [6, 6.07) is 6.38. The Morgan fingerprint density at radius 3 is 2.72 bits per heavy atom. The van der Waals surface area contributed by atoms with E-state index < -0.39 is 29.7 Å². The van der Waals surface area contributed by atoms with Gasteiger partial charge in [0.1, 0.15) is 11.7 Å². The lowest BCUT2D eigenvalue weighted by molar-refractivity contribution is -0.218. The molecule has 3 fully saturated rings. The Hall–Kier alpha value is -2.16. The van der Waals surface area contributed by atoms with Gasteiger partial charge in [0.15, 0.2) is 17.7 Å². The highest BCUT2D eigenvalue weighted by atomic mass is 79.9. The fourth-order valence-corrected chi connectivity index (χ4v) is 9.30. The van der Waals surface area contributed by atoms with Crippen molar-refractivity contribution in [3.05, 3.63) is 45.6 Å². The maximum atomic E-state index is 13.4. The Labute approximate surface area is 237 Å². The predicted octanol–water partition coefficient (Wildman–Crippen LogP) is 6.08. The molecular weight excluding hydrogens is 560 g/mol. The van der Waals surface area contributed by atoms with Gasteiger partial charge in [-0.15, -0.1) is 0 Å². The van der Waals surface area contributed by atoms with Crippen LogP contribution in [0.2, 0.25) is 0 Å². The smallest absolute Gasteiger partial charge is 0.407 e. The number of amides is 1.